The van der Waals surface area contributed by atoms with Crippen LogP contribution in [0, 0.1) is 0 Å². The third-order valence-corrected chi connectivity index (χ3v) is 0.931. The molecule has 58 valence electrons. The van der Waals surface area contributed by atoms with Gasteiger partial charge in [-0.2, -0.15) is 4.99 Å². The van der Waals surface area contributed by atoms with E-state index in [4.69, 9.17) is 0 Å². The van der Waals surface area contributed by atoms with Crippen molar-refractivity contribution in [1.29, 1.82) is 0 Å². The van der Waals surface area contributed by atoms with Gasteiger partial charge in [-0.15, -0.1) is 11.6 Å². The molecule has 0 fully saturated rings. The van der Waals surface area contributed by atoms with Crippen LogP contribution in [-0.4, -0.2) is 12.5 Å². The second kappa shape index (κ2) is 7.00. The van der Waals surface area contributed by atoms with E-state index in [9.17, 15) is 4.79 Å². The van der Waals surface area contributed by atoms with Crippen molar-refractivity contribution >= 4 is 23.4 Å². The molecule has 0 aliphatic rings. The first-order valence-electron chi connectivity index (χ1n) is 2.94. The summed E-state index contributed by atoms with van der Waals surface area (Å²) >= 11 is 4.64. The zero-order valence-corrected chi connectivity index (χ0v) is 6.88. The SMILES string of the molecule is CCl.O=C=Nc1ccccc1. The summed E-state index contributed by atoms with van der Waals surface area (Å²) in [6.07, 6.45) is 2.93. The first-order valence-corrected chi connectivity index (χ1v) is 3.70. The Labute approximate surface area is 70.5 Å². The molecule has 1 aromatic carbocycles. The molecule has 0 bridgehead atoms. The molecule has 1 aromatic rings. The number of hydrogen-bond donors (Lipinski definition) is 0. The van der Waals surface area contributed by atoms with Crippen LogP contribution in [0.4, 0.5) is 5.69 Å². The van der Waals surface area contributed by atoms with Gasteiger partial charge in [0, 0.05) is 6.38 Å². The average Bonchev–Trinajstić information content (AvgIpc) is 2.11. The second-order valence-corrected chi connectivity index (χ2v) is 1.54. The summed E-state index contributed by atoms with van der Waals surface area (Å²) < 4.78 is 0. The number of rotatable bonds is 1. The quantitative estimate of drug-likeness (QED) is 0.361. The summed E-state index contributed by atoms with van der Waals surface area (Å²) in [7, 11) is 0. The molecule has 0 amide bonds. The van der Waals surface area contributed by atoms with Crippen molar-refractivity contribution in [3.63, 3.8) is 0 Å². The van der Waals surface area contributed by atoms with Gasteiger partial charge in [0.1, 0.15) is 0 Å². The fourth-order valence-corrected chi connectivity index (χ4v) is 0.555. The van der Waals surface area contributed by atoms with Crippen molar-refractivity contribution in [1.82, 2.24) is 0 Å². The summed E-state index contributed by atoms with van der Waals surface area (Å²) in [5.41, 5.74) is 0.646. The molecule has 0 aromatic heterocycles. The molecular formula is C8H8ClNO. The van der Waals surface area contributed by atoms with Gasteiger partial charge in [0.15, 0.2) is 0 Å². The topological polar surface area (TPSA) is 29.4 Å². The molecule has 0 heterocycles. The van der Waals surface area contributed by atoms with Crippen LogP contribution >= 0.6 is 11.6 Å². The lowest BCUT2D eigenvalue weighted by atomic mass is 10.3. The lowest BCUT2D eigenvalue weighted by Crippen LogP contribution is -1.59. The van der Waals surface area contributed by atoms with Gasteiger partial charge in [0.05, 0.1) is 5.69 Å². The minimum absolute atomic E-state index is 0.646. The molecular weight excluding hydrogens is 162 g/mol. The summed E-state index contributed by atoms with van der Waals surface area (Å²) in [5.74, 6) is 0. The van der Waals surface area contributed by atoms with Crippen molar-refractivity contribution in [2.24, 2.45) is 4.99 Å². The molecule has 0 unspecified atom stereocenters. The zero-order valence-electron chi connectivity index (χ0n) is 6.12. The highest BCUT2D eigenvalue weighted by Crippen LogP contribution is 2.06. The van der Waals surface area contributed by atoms with Crippen LogP contribution in [0.25, 0.3) is 0 Å². The van der Waals surface area contributed by atoms with E-state index in [0.29, 0.717) is 5.69 Å². The van der Waals surface area contributed by atoms with Gasteiger partial charge in [0.2, 0.25) is 6.08 Å². The molecule has 0 atom stereocenters. The number of hydrogen-bond acceptors (Lipinski definition) is 2. The number of benzene rings is 1. The number of carbonyl (C=O) groups excluding carboxylic acids is 1. The van der Waals surface area contributed by atoms with Crippen LogP contribution in [0.15, 0.2) is 35.3 Å². The van der Waals surface area contributed by atoms with Gasteiger partial charge in [-0.1, -0.05) is 18.2 Å². The summed E-state index contributed by atoms with van der Waals surface area (Å²) in [5, 5.41) is 0. The summed E-state index contributed by atoms with van der Waals surface area (Å²) in [6, 6.07) is 8.98. The highest BCUT2D eigenvalue weighted by Gasteiger charge is 1.79. The first-order chi connectivity index (χ1) is 5.43. The highest BCUT2D eigenvalue weighted by molar-refractivity contribution is 6.15. The van der Waals surface area contributed by atoms with Gasteiger partial charge >= 0.3 is 0 Å². The molecule has 0 N–H and O–H groups in total. The first kappa shape index (κ1) is 9.89. The van der Waals surface area contributed by atoms with Crippen molar-refractivity contribution in [2.45, 2.75) is 0 Å². The Morgan fingerprint density at radius 2 is 1.82 bits per heavy atom. The van der Waals surface area contributed by atoms with Crippen LogP contribution in [0.3, 0.4) is 0 Å². The molecule has 0 aliphatic heterocycles. The number of halogens is 1. The standard InChI is InChI=1S/C7H5NO.CH3Cl/c9-6-8-7-4-2-1-3-5-7;1-2/h1-5H;1H3. The van der Waals surface area contributed by atoms with Gasteiger partial charge in [0.25, 0.3) is 0 Å². The number of aliphatic imine (C=N–C) groups is 1. The van der Waals surface area contributed by atoms with Crippen LogP contribution in [0.1, 0.15) is 0 Å². The maximum absolute atomic E-state index is 9.68. The Kier molecular flexibility index (Phi) is 6.30. The molecule has 0 saturated carbocycles. The van der Waals surface area contributed by atoms with E-state index in [0.717, 1.165) is 0 Å². The molecule has 3 heteroatoms. The maximum atomic E-state index is 9.68. The average molecular weight is 170 g/mol. The minimum Gasteiger partial charge on any atom is -0.211 e. The number of nitrogens with zero attached hydrogens (tertiary/aromatic N) is 1. The Balaban J connectivity index is 0.000000461. The van der Waals surface area contributed by atoms with Crippen molar-refractivity contribution in [2.75, 3.05) is 6.38 Å². The number of isocyanates is 1. The Morgan fingerprint density at radius 3 is 2.27 bits per heavy atom. The Bertz CT molecular complexity index is 229. The molecule has 0 radical (unpaired) electrons. The van der Waals surface area contributed by atoms with Crippen LogP contribution in [0.2, 0.25) is 0 Å². The fraction of sp³-hybridized carbons (Fsp3) is 0.125. The largest absolute Gasteiger partial charge is 0.240 e. The van der Waals surface area contributed by atoms with E-state index in [1.54, 1.807) is 12.1 Å². The van der Waals surface area contributed by atoms with E-state index < -0.39 is 0 Å². The van der Waals surface area contributed by atoms with Crippen LogP contribution < -0.4 is 0 Å². The predicted molar refractivity (Wildman–Crippen MR) is 46.0 cm³/mol. The molecule has 0 spiro atoms. The minimum atomic E-state index is 0.646. The second-order valence-electron chi connectivity index (χ2n) is 1.54. The van der Waals surface area contributed by atoms with E-state index in [1.165, 1.54) is 12.5 Å². The van der Waals surface area contributed by atoms with E-state index in [-0.39, 0.29) is 0 Å². The van der Waals surface area contributed by atoms with Gasteiger partial charge < -0.3 is 0 Å². The van der Waals surface area contributed by atoms with Crippen molar-refractivity contribution in [3.05, 3.63) is 30.3 Å². The summed E-state index contributed by atoms with van der Waals surface area (Å²) in [4.78, 5) is 13.1. The van der Waals surface area contributed by atoms with Gasteiger partial charge in [-0.25, -0.2) is 4.79 Å². The summed E-state index contributed by atoms with van der Waals surface area (Å²) in [6.45, 7) is 0. The zero-order chi connectivity index (χ0) is 8.53. The lowest BCUT2D eigenvalue weighted by Gasteiger charge is -1.83. The Hall–Kier alpha value is -1.11. The fourth-order valence-electron chi connectivity index (χ4n) is 0.555. The molecule has 0 saturated heterocycles. The molecule has 1 rings (SSSR count). The van der Waals surface area contributed by atoms with Crippen molar-refractivity contribution in [3.8, 4) is 0 Å². The number of alkyl halides is 1. The smallest absolute Gasteiger partial charge is 0.211 e. The van der Waals surface area contributed by atoms with E-state index >= 15 is 0 Å². The van der Waals surface area contributed by atoms with E-state index in [1.807, 2.05) is 18.2 Å². The van der Waals surface area contributed by atoms with Gasteiger partial charge in [-0.3, -0.25) is 0 Å². The maximum Gasteiger partial charge on any atom is 0.240 e. The predicted octanol–water partition coefficient (Wildman–Crippen LogP) is 2.51. The highest BCUT2D eigenvalue weighted by atomic mass is 35.5. The van der Waals surface area contributed by atoms with Crippen molar-refractivity contribution < 1.29 is 4.79 Å². The van der Waals surface area contributed by atoms with E-state index in [2.05, 4.69) is 16.6 Å². The third-order valence-electron chi connectivity index (χ3n) is 0.931. The number of para-hydroxylation sites is 1. The third kappa shape index (κ3) is 4.31. The van der Waals surface area contributed by atoms with Crippen LogP contribution in [-0.2, 0) is 4.79 Å². The van der Waals surface area contributed by atoms with Crippen LogP contribution in [0.5, 0.6) is 0 Å². The lowest BCUT2D eigenvalue weighted by molar-refractivity contribution is 0.565. The van der Waals surface area contributed by atoms with Gasteiger partial charge in [-0.05, 0) is 12.1 Å². The normalized spacial score (nSPS) is 7.09. The Morgan fingerprint density at radius 1 is 1.27 bits per heavy atom. The molecule has 11 heavy (non-hydrogen) atoms. The molecule has 2 nitrogen and oxygen atoms in total. The molecule has 0 aliphatic carbocycles. The monoisotopic (exact) mass is 169 g/mol.